The van der Waals surface area contributed by atoms with E-state index in [0.29, 0.717) is 17.9 Å². The van der Waals surface area contributed by atoms with Crippen LogP contribution in [-0.4, -0.2) is 14.2 Å². The lowest BCUT2D eigenvalue weighted by Gasteiger charge is -2.26. The number of hydrogen-bond acceptors (Lipinski definition) is 3. The van der Waals surface area contributed by atoms with Crippen molar-refractivity contribution in [3.8, 4) is 0 Å². The van der Waals surface area contributed by atoms with Crippen LogP contribution in [-0.2, 0) is 16.4 Å². The molecule has 0 amide bonds. The summed E-state index contributed by atoms with van der Waals surface area (Å²) in [5.41, 5.74) is 1.80. The van der Waals surface area contributed by atoms with Gasteiger partial charge in [0.15, 0.2) is 9.84 Å². The zero-order valence-corrected chi connectivity index (χ0v) is 12.2. The van der Waals surface area contributed by atoms with Crippen molar-refractivity contribution in [2.45, 2.75) is 23.9 Å². The van der Waals surface area contributed by atoms with E-state index in [2.05, 4.69) is 5.32 Å². The minimum atomic E-state index is -3.15. The molecule has 1 N–H and O–H groups in total. The van der Waals surface area contributed by atoms with E-state index in [1.54, 1.807) is 24.3 Å². The SMILES string of the molecule is O=S1(=O)CCC(NCc2ccc(F)cc2)c2ccccc21. The van der Waals surface area contributed by atoms with Crippen LogP contribution >= 0.6 is 0 Å². The second-order valence-electron chi connectivity index (χ2n) is 5.21. The van der Waals surface area contributed by atoms with Crippen LogP contribution in [0.25, 0.3) is 0 Å². The number of sulfone groups is 1. The van der Waals surface area contributed by atoms with Gasteiger partial charge in [-0.15, -0.1) is 0 Å². The summed E-state index contributed by atoms with van der Waals surface area (Å²) in [5.74, 6) is -0.0988. The molecule has 1 atom stereocenters. The summed E-state index contributed by atoms with van der Waals surface area (Å²) in [4.78, 5) is 0.424. The Kier molecular flexibility index (Phi) is 3.78. The van der Waals surface area contributed by atoms with E-state index in [1.807, 2.05) is 12.1 Å². The maximum Gasteiger partial charge on any atom is 0.178 e. The van der Waals surface area contributed by atoms with Crippen molar-refractivity contribution in [2.24, 2.45) is 0 Å². The third-order valence-electron chi connectivity index (χ3n) is 3.77. The Hall–Kier alpha value is -1.72. The lowest BCUT2D eigenvalue weighted by molar-refractivity contribution is 0.491. The van der Waals surface area contributed by atoms with Gasteiger partial charge in [-0.05, 0) is 35.7 Å². The van der Waals surface area contributed by atoms with Gasteiger partial charge >= 0.3 is 0 Å². The summed E-state index contributed by atoms with van der Waals surface area (Å²) >= 11 is 0. The molecule has 2 aromatic rings. The number of nitrogens with one attached hydrogen (secondary N) is 1. The second kappa shape index (κ2) is 5.58. The van der Waals surface area contributed by atoms with Crippen molar-refractivity contribution in [1.82, 2.24) is 5.32 Å². The topological polar surface area (TPSA) is 46.2 Å². The summed E-state index contributed by atoms with van der Waals surface area (Å²) in [6, 6.07) is 13.4. The largest absolute Gasteiger partial charge is 0.306 e. The molecule has 110 valence electrons. The van der Waals surface area contributed by atoms with Crippen LogP contribution in [0.5, 0.6) is 0 Å². The molecule has 1 aliphatic rings. The van der Waals surface area contributed by atoms with Gasteiger partial charge in [-0.25, -0.2) is 12.8 Å². The number of benzene rings is 2. The molecule has 0 aliphatic carbocycles. The molecule has 3 rings (SSSR count). The molecule has 0 spiro atoms. The molecule has 0 saturated heterocycles. The molecule has 5 heteroatoms. The number of hydrogen-bond donors (Lipinski definition) is 1. The zero-order chi connectivity index (χ0) is 14.9. The molecule has 0 saturated carbocycles. The predicted molar refractivity (Wildman–Crippen MR) is 79.1 cm³/mol. The fraction of sp³-hybridized carbons (Fsp3) is 0.250. The lowest BCUT2D eigenvalue weighted by atomic mass is 10.0. The first-order valence-corrected chi connectivity index (χ1v) is 8.51. The Morgan fingerprint density at radius 2 is 1.81 bits per heavy atom. The van der Waals surface area contributed by atoms with Gasteiger partial charge in [-0.1, -0.05) is 30.3 Å². The Morgan fingerprint density at radius 1 is 1.10 bits per heavy atom. The number of rotatable bonds is 3. The molecule has 1 aliphatic heterocycles. The van der Waals surface area contributed by atoms with Gasteiger partial charge in [-0.2, -0.15) is 0 Å². The maximum absolute atomic E-state index is 12.9. The summed E-state index contributed by atoms with van der Waals surface area (Å²) < 4.78 is 37.0. The van der Waals surface area contributed by atoms with E-state index >= 15 is 0 Å². The van der Waals surface area contributed by atoms with Gasteiger partial charge in [-0.3, -0.25) is 0 Å². The Morgan fingerprint density at radius 3 is 2.57 bits per heavy atom. The molecule has 0 bridgehead atoms. The summed E-state index contributed by atoms with van der Waals surface area (Å²) in [5, 5.41) is 3.36. The summed E-state index contributed by atoms with van der Waals surface area (Å²) in [6.45, 7) is 0.583. The third-order valence-corrected chi connectivity index (χ3v) is 5.59. The zero-order valence-electron chi connectivity index (χ0n) is 11.4. The third kappa shape index (κ3) is 2.99. The van der Waals surface area contributed by atoms with Gasteiger partial charge in [0.1, 0.15) is 5.82 Å². The van der Waals surface area contributed by atoms with Crippen molar-refractivity contribution < 1.29 is 12.8 Å². The first kappa shape index (κ1) is 14.2. The van der Waals surface area contributed by atoms with Gasteiger partial charge in [0, 0.05) is 12.6 Å². The van der Waals surface area contributed by atoms with E-state index in [4.69, 9.17) is 0 Å². The van der Waals surface area contributed by atoms with Crippen LogP contribution in [0.3, 0.4) is 0 Å². The van der Waals surface area contributed by atoms with Crippen LogP contribution < -0.4 is 5.32 Å². The number of halogens is 1. The van der Waals surface area contributed by atoms with Crippen molar-refractivity contribution >= 4 is 9.84 Å². The first-order valence-electron chi connectivity index (χ1n) is 6.86. The molecule has 1 unspecified atom stereocenters. The summed E-state index contributed by atoms with van der Waals surface area (Å²) in [6.07, 6.45) is 0.556. The molecule has 2 aromatic carbocycles. The van der Waals surface area contributed by atoms with E-state index < -0.39 is 9.84 Å². The van der Waals surface area contributed by atoms with Gasteiger partial charge in [0.2, 0.25) is 0 Å². The molecule has 21 heavy (non-hydrogen) atoms. The molecular formula is C16H16FNO2S. The average Bonchev–Trinajstić information content (AvgIpc) is 2.48. The van der Waals surface area contributed by atoms with E-state index in [1.165, 1.54) is 12.1 Å². The van der Waals surface area contributed by atoms with Crippen molar-refractivity contribution in [3.63, 3.8) is 0 Å². The Labute approximate surface area is 123 Å². The molecule has 0 radical (unpaired) electrons. The highest BCUT2D eigenvalue weighted by atomic mass is 32.2. The van der Waals surface area contributed by atoms with Crippen molar-refractivity contribution in [2.75, 3.05) is 5.75 Å². The van der Waals surface area contributed by atoms with Crippen LogP contribution in [0.1, 0.15) is 23.6 Å². The van der Waals surface area contributed by atoms with E-state index in [0.717, 1.165) is 11.1 Å². The van der Waals surface area contributed by atoms with E-state index in [9.17, 15) is 12.8 Å². The van der Waals surface area contributed by atoms with Gasteiger partial charge in [0.05, 0.1) is 10.6 Å². The molecule has 3 nitrogen and oxygen atoms in total. The Bertz CT molecular complexity index is 741. The smallest absolute Gasteiger partial charge is 0.178 e. The number of fused-ring (bicyclic) bond motifs is 1. The van der Waals surface area contributed by atoms with Crippen molar-refractivity contribution in [1.29, 1.82) is 0 Å². The Balaban J connectivity index is 1.79. The quantitative estimate of drug-likeness (QED) is 0.948. The van der Waals surface area contributed by atoms with Crippen LogP contribution in [0, 0.1) is 5.82 Å². The average molecular weight is 305 g/mol. The fourth-order valence-corrected chi connectivity index (χ4v) is 4.27. The normalized spacial score (nSPS) is 20.0. The minimum absolute atomic E-state index is 0.00905. The lowest BCUT2D eigenvalue weighted by Crippen LogP contribution is -2.29. The van der Waals surface area contributed by atoms with E-state index in [-0.39, 0.29) is 17.6 Å². The monoisotopic (exact) mass is 305 g/mol. The molecular weight excluding hydrogens is 289 g/mol. The van der Waals surface area contributed by atoms with Crippen LogP contribution in [0.4, 0.5) is 4.39 Å². The fourth-order valence-electron chi connectivity index (χ4n) is 2.65. The van der Waals surface area contributed by atoms with Crippen LogP contribution in [0.2, 0.25) is 0 Å². The second-order valence-corrected chi connectivity index (χ2v) is 7.28. The highest BCUT2D eigenvalue weighted by Gasteiger charge is 2.29. The standard InChI is InChI=1S/C16H16FNO2S/c17-13-7-5-12(6-8-13)11-18-15-9-10-21(19,20)16-4-2-1-3-14(15)16/h1-8,15,18H,9-11H2. The van der Waals surface area contributed by atoms with Crippen LogP contribution in [0.15, 0.2) is 53.4 Å². The van der Waals surface area contributed by atoms with Gasteiger partial charge in [0.25, 0.3) is 0 Å². The highest BCUT2D eigenvalue weighted by molar-refractivity contribution is 7.91. The molecule has 0 fully saturated rings. The first-order chi connectivity index (χ1) is 10.1. The van der Waals surface area contributed by atoms with Gasteiger partial charge < -0.3 is 5.32 Å². The minimum Gasteiger partial charge on any atom is -0.306 e. The molecule has 0 aromatic heterocycles. The molecule has 1 heterocycles. The maximum atomic E-state index is 12.9. The highest BCUT2D eigenvalue weighted by Crippen LogP contribution is 2.31. The predicted octanol–water partition coefficient (Wildman–Crippen LogP) is 2.83. The summed E-state index contributed by atoms with van der Waals surface area (Å²) in [7, 11) is -3.15. The van der Waals surface area contributed by atoms with Crippen molar-refractivity contribution in [3.05, 3.63) is 65.5 Å².